The van der Waals surface area contributed by atoms with Crippen LogP contribution in [-0.4, -0.2) is 70.9 Å². The number of nitrogens with zero attached hydrogens (tertiary/aromatic N) is 2. The van der Waals surface area contributed by atoms with Gasteiger partial charge in [-0.05, 0) is 0 Å². The quantitative estimate of drug-likeness (QED) is 0.560. The van der Waals surface area contributed by atoms with Gasteiger partial charge in [0, 0.05) is 33.1 Å². The molecule has 1 saturated heterocycles. The van der Waals surface area contributed by atoms with E-state index < -0.39 is 30.4 Å². The summed E-state index contributed by atoms with van der Waals surface area (Å²) < 4.78 is 0. The van der Waals surface area contributed by atoms with Crippen molar-refractivity contribution in [2.45, 2.75) is 19.4 Å². The van der Waals surface area contributed by atoms with Gasteiger partial charge in [-0.25, -0.2) is 9.59 Å². The monoisotopic (exact) mass is 286 g/mol. The van der Waals surface area contributed by atoms with E-state index in [0.717, 1.165) is 0 Å². The lowest BCUT2D eigenvalue weighted by atomic mass is 10.2. The average Bonchev–Trinajstić information content (AvgIpc) is 2.37. The maximum atomic E-state index is 11.9. The fourth-order valence-corrected chi connectivity index (χ4v) is 1.87. The number of carbonyl (C=O) groups is 4. The van der Waals surface area contributed by atoms with Gasteiger partial charge in [0.25, 0.3) is 0 Å². The van der Waals surface area contributed by atoms with Gasteiger partial charge >= 0.3 is 12.0 Å². The fourth-order valence-electron chi connectivity index (χ4n) is 1.87. The molecule has 20 heavy (non-hydrogen) atoms. The summed E-state index contributed by atoms with van der Waals surface area (Å²) in [4.78, 5) is 47.6. The Labute approximate surface area is 115 Å². The molecule has 9 heteroatoms. The van der Waals surface area contributed by atoms with E-state index in [1.165, 1.54) is 11.8 Å². The lowest BCUT2D eigenvalue weighted by Gasteiger charge is -2.34. The van der Waals surface area contributed by atoms with Crippen LogP contribution < -0.4 is 11.1 Å². The predicted molar refractivity (Wildman–Crippen MR) is 67.6 cm³/mol. The molecule has 0 spiro atoms. The summed E-state index contributed by atoms with van der Waals surface area (Å²) >= 11 is 0. The third-order valence-corrected chi connectivity index (χ3v) is 3.01. The van der Waals surface area contributed by atoms with Crippen LogP contribution in [-0.2, 0) is 14.4 Å². The molecular formula is C11H18N4O5. The molecule has 1 aliphatic heterocycles. The van der Waals surface area contributed by atoms with Crippen LogP contribution in [0.1, 0.15) is 13.3 Å². The van der Waals surface area contributed by atoms with Crippen LogP contribution in [0.2, 0.25) is 0 Å². The Balaban J connectivity index is 2.52. The second-order valence-electron chi connectivity index (χ2n) is 4.50. The highest BCUT2D eigenvalue weighted by atomic mass is 16.4. The summed E-state index contributed by atoms with van der Waals surface area (Å²) in [5.74, 6) is -2.19. The molecule has 112 valence electrons. The van der Waals surface area contributed by atoms with Gasteiger partial charge in [-0.1, -0.05) is 0 Å². The second kappa shape index (κ2) is 6.73. The maximum absolute atomic E-state index is 11.9. The first-order chi connectivity index (χ1) is 9.31. The molecule has 9 nitrogen and oxygen atoms in total. The predicted octanol–water partition coefficient (Wildman–Crippen LogP) is -1.81. The maximum Gasteiger partial charge on any atom is 0.326 e. The lowest BCUT2D eigenvalue weighted by molar-refractivity contribution is -0.141. The Morgan fingerprint density at radius 2 is 1.65 bits per heavy atom. The zero-order valence-corrected chi connectivity index (χ0v) is 11.2. The van der Waals surface area contributed by atoms with Crippen LogP contribution in [0, 0.1) is 0 Å². The summed E-state index contributed by atoms with van der Waals surface area (Å²) in [6.45, 7) is 2.87. The molecule has 0 bridgehead atoms. The average molecular weight is 286 g/mol. The summed E-state index contributed by atoms with van der Waals surface area (Å²) in [7, 11) is 0. The van der Waals surface area contributed by atoms with E-state index in [9.17, 15) is 19.2 Å². The molecule has 0 aliphatic carbocycles. The van der Waals surface area contributed by atoms with Crippen LogP contribution in [0.25, 0.3) is 0 Å². The number of urea groups is 1. The van der Waals surface area contributed by atoms with E-state index in [0.29, 0.717) is 26.2 Å². The van der Waals surface area contributed by atoms with E-state index in [2.05, 4.69) is 5.32 Å². The number of carbonyl (C=O) groups excluding carboxylic acids is 3. The molecule has 0 aromatic carbocycles. The number of amides is 4. The van der Waals surface area contributed by atoms with E-state index in [1.807, 2.05) is 0 Å². The van der Waals surface area contributed by atoms with E-state index in [4.69, 9.17) is 10.8 Å². The van der Waals surface area contributed by atoms with Crippen molar-refractivity contribution in [1.82, 2.24) is 15.1 Å². The van der Waals surface area contributed by atoms with Crippen LogP contribution in [0.3, 0.4) is 0 Å². The molecule has 4 amide bonds. The molecule has 0 unspecified atom stereocenters. The highest BCUT2D eigenvalue weighted by Gasteiger charge is 2.27. The number of hydrogen-bond donors (Lipinski definition) is 3. The number of carboxylic acid groups (broad SMARTS) is 1. The third kappa shape index (κ3) is 4.41. The zero-order chi connectivity index (χ0) is 15.3. The Hall–Kier alpha value is -2.32. The molecule has 1 atom stereocenters. The summed E-state index contributed by atoms with van der Waals surface area (Å²) in [5, 5.41) is 11.1. The number of aliphatic carboxylic acids is 1. The highest BCUT2D eigenvalue weighted by Crippen LogP contribution is 2.03. The van der Waals surface area contributed by atoms with Gasteiger partial charge < -0.3 is 26.0 Å². The van der Waals surface area contributed by atoms with Crippen molar-refractivity contribution in [3.63, 3.8) is 0 Å². The minimum Gasteiger partial charge on any atom is -0.480 e. The topological polar surface area (TPSA) is 133 Å². The second-order valence-corrected chi connectivity index (χ2v) is 4.50. The fraction of sp³-hybridized carbons (Fsp3) is 0.636. The lowest BCUT2D eigenvalue weighted by Crippen LogP contribution is -2.55. The Kier molecular flexibility index (Phi) is 5.30. The highest BCUT2D eigenvalue weighted by molar-refractivity contribution is 5.87. The van der Waals surface area contributed by atoms with Crippen molar-refractivity contribution in [2.24, 2.45) is 5.73 Å². The zero-order valence-electron chi connectivity index (χ0n) is 11.2. The summed E-state index contributed by atoms with van der Waals surface area (Å²) in [6.07, 6.45) is -0.464. The number of nitrogens with two attached hydrogens (primary N) is 1. The number of primary amides is 1. The number of hydrogen-bond acceptors (Lipinski definition) is 4. The normalized spacial score (nSPS) is 16.4. The number of piperazine rings is 1. The third-order valence-electron chi connectivity index (χ3n) is 3.01. The van der Waals surface area contributed by atoms with Gasteiger partial charge in [0.1, 0.15) is 6.04 Å². The van der Waals surface area contributed by atoms with Gasteiger partial charge in [0.2, 0.25) is 11.8 Å². The molecule has 1 fully saturated rings. The van der Waals surface area contributed by atoms with Crippen molar-refractivity contribution >= 4 is 23.8 Å². The van der Waals surface area contributed by atoms with Gasteiger partial charge in [-0.15, -0.1) is 0 Å². The van der Waals surface area contributed by atoms with Gasteiger partial charge in [-0.2, -0.15) is 0 Å². The smallest absolute Gasteiger partial charge is 0.326 e. The Bertz CT molecular complexity index is 417. The van der Waals surface area contributed by atoms with Crippen LogP contribution >= 0.6 is 0 Å². The van der Waals surface area contributed by atoms with Gasteiger partial charge in [0.05, 0.1) is 6.42 Å². The van der Waals surface area contributed by atoms with E-state index in [-0.39, 0.29) is 5.91 Å². The molecule has 1 heterocycles. The molecular weight excluding hydrogens is 268 g/mol. The van der Waals surface area contributed by atoms with Gasteiger partial charge in [-0.3, -0.25) is 9.59 Å². The van der Waals surface area contributed by atoms with Crippen molar-refractivity contribution in [1.29, 1.82) is 0 Å². The summed E-state index contributed by atoms with van der Waals surface area (Å²) in [5.41, 5.74) is 4.93. The van der Waals surface area contributed by atoms with Crippen molar-refractivity contribution in [3.8, 4) is 0 Å². The Morgan fingerprint density at radius 1 is 1.15 bits per heavy atom. The molecule has 0 aromatic rings. The largest absolute Gasteiger partial charge is 0.480 e. The minimum atomic E-state index is -1.34. The van der Waals surface area contributed by atoms with Gasteiger partial charge in [0.15, 0.2) is 0 Å². The van der Waals surface area contributed by atoms with Crippen LogP contribution in [0.4, 0.5) is 4.79 Å². The van der Waals surface area contributed by atoms with Crippen molar-refractivity contribution in [3.05, 3.63) is 0 Å². The molecule has 0 aromatic heterocycles. The minimum absolute atomic E-state index is 0.0674. The molecule has 1 rings (SSSR count). The standard InChI is InChI=1S/C11H18N4O5/c1-7(16)14-2-4-15(5-3-14)11(20)13-8(10(18)19)6-9(12)17/h8H,2-6H2,1H3,(H2,12,17)(H,13,20)(H,18,19)/t8-/m1/s1. The van der Waals surface area contributed by atoms with Crippen LogP contribution in [0.15, 0.2) is 0 Å². The van der Waals surface area contributed by atoms with Crippen LogP contribution in [0.5, 0.6) is 0 Å². The molecule has 0 radical (unpaired) electrons. The SMILES string of the molecule is CC(=O)N1CCN(C(=O)N[C@H](CC(N)=O)C(=O)O)CC1. The number of carboxylic acids is 1. The molecule has 1 aliphatic rings. The first kappa shape index (κ1) is 15.7. The van der Waals surface area contributed by atoms with Crippen molar-refractivity contribution in [2.75, 3.05) is 26.2 Å². The number of nitrogens with one attached hydrogen (secondary N) is 1. The molecule has 0 saturated carbocycles. The van der Waals surface area contributed by atoms with E-state index in [1.54, 1.807) is 4.90 Å². The molecule has 4 N–H and O–H groups in total. The van der Waals surface area contributed by atoms with Crippen molar-refractivity contribution < 1.29 is 24.3 Å². The number of rotatable bonds is 4. The summed E-state index contributed by atoms with van der Waals surface area (Å²) in [6, 6.07) is -1.92. The Morgan fingerprint density at radius 3 is 2.05 bits per heavy atom. The first-order valence-electron chi connectivity index (χ1n) is 6.13. The van der Waals surface area contributed by atoms with E-state index >= 15 is 0 Å². The first-order valence-corrected chi connectivity index (χ1v) is 6.13.